The van der Waals surface area contributed by atoms with Crippen LogP contribution in [0.4, 0.5) is 0 Å². The van der Waals surface area contributed by atoms with Gasteiger partial charge in [-0.15, -0.1) is 0 Å². The third-order valence-electron chi connectivity index (χ3n) is 3.34. The van der Waals surface area contributed by atoms with E-state index in [1.807, 2.05) is 6.08 Å². The van der Waals surface area contributed by atoms with Crippen LogP contribution in [0.1, 0.15) is 6.42 Å². The van der Waals surface area contributed by atoms with E-state index < -0.39 is 0 Å². The average Bonchev–Trinajstić information content (AvgIpc) is 2.47. The fourth-order valence-electron chi connectivity index (χ4n) is 2.59. The Labute approximate surface area is 102 Å². The van der Waals surface area contributed by atoms with Crippen LogP contribution in [-0.4, -0.2) is 31.1 Å². The second-order valence-electron chi connectivity index (χ2n) is 4.25. The topological polar surface area (TPSA) is 53.5 Å². The number of hydrazone groups is 1. The van der Waals surface area contributed by atoms with Crippen molar-refractivity contribution >= 4 is 27.9 Å². The van der Waals surface area contributed by atoms with Crippen LogP contribution in [0.15, 0.2) is 26.8 Å². The summed E-state index contributed by atoms with van der Waals surface area (Å²) in [6.45, 7) is 1.74. The van der Waals surface area contributed by atoms with Crippen LogP contribution >= 0.6 is 15.9 Å². The highest BCUT2D eigenvalue weighted by molar-refractivity contribution is 9.12. The van der Waals surface area contributed by atoms with Crippen molar-refractivity contribution < 1.29 is 4.79 Å². The molecule has 0 saturated carbocycles. The van der Waals surface area contributed by atoms with Gasteiger partial charge in [0.25, 0.3) is 0 Å². The zero-order valence-corrected chi connectivity index (χ0v) is 10.3. The van der Waals surface area contributed by atoms with Crippen LogP contribution < -0.4 is 10.7 Å². The highest BCUT2D eigenvalue weighted by Crippen LogP contribution is 2.35. The Morgan fingerprint density at radius 1 is 1.50 bits per heavy atom. The van der Waals surface area contributed by atoms with E-state index in [4.69, 9.17) is 0 Å². The van der Waals surface area contributed by atoms with Crippen molar-refractivity contribution in [1.82, 2.24) is 10.7 Å². The molecule has 5 heteroatoms. The number of piperidine rings is 1. The summed E-state index contributed by atoms with van der Waals surface area (Å²) < 4.78 is 0.907. The van der Waals surface area contributed by atoms with Crippen LogP contribution in [0, 0.1) is 5.92 Å². The number of Topliss-reactive ketones (excluding diaryl/α,β-unsaturated/α-hetero) is 1. The van der Waals surface area contributed by atoms with E-state index in [2.05, 4.69) is 31.8 Å². The molecular formula is C11H12BrN3O. The predicted molar refractivity (Wildman–Crippen MR) is 65.4 cm³/mol. The molecule has 1 unspecified atom stereocenters. The second kappa shape index (κ2) is 3.82. The molecule has 0 bridgehead atoms. The quantitative estimate of drug-likeness (QED) is 0.688. The number of carbonyl (C=O) groups is 1. The van der Waals surface area contributed by atoms with Gasteiger partial charge in [0, 0.05) is 16.9 Å². The summed E-state index contributed by atoms with van der Waals surface area (Å²) in [5, 5.41) is 7.36. The molecule has 1 fully saturated rings. The molecule has 0 amide bonds. The molecule has 3 rings (SSSR count). The highest BCUT2D eigenvalue weighted by Gasteiger charge is 2.41. The van der Waals surface area contributed by atoms with Gasteiger partial charge in [-0.1, -0.05) is 0 Å². The molecule has 1 aliphatic carbocycles. The lowest BCUT2D eigenvalue weighted by atomic mass is 9.93. The van der Waals surface area contributed by atoms with Gasteiger partial charge in [-0.3, -0.25) is 10.2 Å². The number of allylic oxidation sites excluding steroid dienone is 1. The van der Waals surface area contributed by atoms with Gasteiger partial charge >= 0.3 is 0 Å². The zero-order valence-electron chi connectivity index (χ0n) is 8.66. The number of fused-ring (bicyclic) bond motifs is 2. The number of ketones is 1. The molecule has 3 aliphatic rings. The summed E-state index contributed by atoms with van der Waals surface area (Å²) in [6.07, 6.45) is 4.60. The van der Waals surface area contributed by atoms with E-state index in [-0.39, 0.29) is 17.7 Å². The van der Waals surface area contributed by atoms with Gasteiger partial charge in [-0.05, 0) is 46.1 Å². The molecule has 2 atom stereocenters. The molecule has 0 aromatic rings. The molecule has 16 heavy (non-hydrogen) atoms. The highest BCUT2D eigenvalue weighted by atomic mass is 79.9. The molecule has 0 radical (unpaired) electrons. The van der Waals surface area contributed by atoms with E-state index in [0.717, 1.165) is 29.6 Å². The van der Waals surface area contributed by atoms with Crippen LogP contribution in [0.25, 0.3) is 0 Å². The van der Waals surface area contributed by atoms with E-state index >= 15 is 0 Å². The summed E-state index contributed by atoms with van der Waals surface area (Å²) in [4.78, 5) is 12.2. The number of halogens is 1. The normalized spacial score (nSPS) is 32.8. The smallest absolute Gasteiger partial charge is 0.168 e. The minimum absolute atomic E-state index is 0.0959. The summed E-state index contributed by atoms with van der Waals surface area (Å²) >= 11 is 3.42. The average molecular weight is 282 g/mol. The Morgan fingerprint density at radius 3 is 3.25 bits per heavy atom. The number of hydrogen-bond acceptors (Lipinski definition) is 4. The first kappa shape index (κ1) is 10.2. The number of carbonyl (C=O) groups excluding carboxylic acids is 1. The van der Waals surface area contributed by atoms with Gasteiger partial charge in [0.1, 0.15) is 6.04 Å². The molecule has 2 N–H and O–H groups in total. The fraction of sp³-hybridized carbons (Fsp3) is 0.455. The summed E-state index contributed by atoms with van der Waals surface area (Å²) in [6, 6.07) is -0.244. The maximum Gasteiger partial charge on any atom is 0.168 e. The maximum atomic E-state index is 12.2. The van der Waals surface area contributed by atoms with Gasteiger partial charge in [-0.2, -0.15) is 5.10 Å². The minimum atomic E-state index is -0.244. The Hall–Kier alpha value is -0.940. The Kier molecular flexibility index (Phi) is 2.44. The molecule has 1 saturated heterocycles. The largest absolute Gasteiger partial charge is 0.313 e. The minimum Gasteiger partial charge on any atom is -0.313 e. The van der Waals surface area contributed by atoms with Crippen molar-refractivity contribution in [3.8, 4) is 0 Å². The molecule has 84 valence electrons. The maximum absolute atomic E-state index is 12.2. The monoisotopic (exact) mass is 281 g/mol. The lowest BCUT2D eigenvalue weighted by Crippen LogP contribution is -2.36. The number of nitrogens with one attached hydrogen (secondary N) is 2. The van der Waals surface area contributed by atoms with Crippen LogP contribution in [0.3, 0.4) is 0 Å². The molecule has 2 aliphatic heterocycles. The molecule has 0 spiro atoms. The summed E-state index contributed by atoms with van der Waals surface area (Å²) in [7, 11) is 0. The van der Waals surface area contributed by atoms with Crippen LogP contribution in [0.5, 0.6) is 0 Å². The number of hydrogen-bond donors (Lipinski definition) is 2. The van der Waals surface area contributed by atoms with Gasteiger partial charge in [0.05, 0.1) is 6.21 Å². The van der Waals surface area contributed by atoms with Gasteiger partial charge < -0.3 is 5.32 Å². The standard InChI is InChI=1S/C11H12BrN3O/c12-6-3-8-9-5-13-2-1-7(9)11(16)10(8)15-14-4-6/h3-4,7,10,13,15H,1-2,5H2/t7?,10-/m1/s1. The van der Waals surface area contributed by atoms with Crippen molar-refractivity contribution in [2.45, 2.75) is 12.5 Å². The zero-order chi connectivity index (χ0) is 11.1. The predicted octanol–water partition coefficient (Wildman–Crippen LogP) is 0.712. The van der Waals surface area contributed by atoms with Gasteiger partial charge in [-0.25, -0.2) is 0 Å². The van der Waals surface area contributed by atoms with Crippen molar-refractivity contribution in [3.63, 3.8) is 0 Å². The van der Waals surface area contributed by atoms with Crippen LogP contribution in [0.2, 0.25) is 0 Å². The third-order valence-corrected chi connectivity index (χ3v) is 3.77. The van der Waals surface area contributed by atoms with Crippen molar-refractivity contribution in [2.24, 2.45) is 11.0 Å². The first-order valence-electron chi connectivity index (χ1n) is 5.40. The van der Waals surface area contributed by atoms with E-state index in [1.165, 1.54) is 5.57 Å². The first-order valence-corrected chi connectivity index (χ1v) is 6.20. The van der Waals surface area contributed by atoms with Gasteiger partial charge in [0.2, 0.25) is 0 Å². The van der Waals surface area contributed by atoms with Crippen molar-refractivity contribution in [3.05, 3.63) is 21.7 Å². The van der Waals surface area contributed by atoms with Crippen molar-refractivity contribution in [1.29, 1.82) is 0 Å². The lowest BCUT2D eigenvalue weighted by Gasteiger charge is -2.20. The second-order valence-corrected chi connectivity index (χ2v) is 5.17. The van der Waals surface area contributed by atoms with Gasteiger partial charge in [0.15, 0.2) is 5.78 Å². The Morgan fingerprint density at radius 2 is 2.38 bits per heavy atom. The Bertz CT molecular complexity index is 439. The fourth-order valence-corrected chi connectivity index (χ4v) is 2.94. The molecule has 0 aromatic carbocycles. The number of nitrogens with zero attached hydrogens (tertiary/aromatic N) is 1. The first-order chi connectivity index (χ1) is 7.77. The molecule has 4 nitrogen and oxygen atoms in total. The summed E-state index contributed by atoms with van der Waals surface area (Å²) in [5.74, 6) is 0.362. The van der Waals surface area contributed by atoms with Crippen molar-refractivity contribution in [2.75, 3.05) is 13.1 Å². The van der Waals surface area contributed by atoms with E-state index in [0.29, 0.717) is 0 Å². The lowest BCUT2D eigenvalue weighted by molar-refractivity contribution is -0.122. The molecular weight excluding hydrogens is 270 g/mol. The number of rotatable bonds is 0. The molecule has 2 heterocycles. The van der Waals surface area contributed by atoms with Crippen LogP contribution in [-0.2, 0) is 4.79 Å². The van der Waals surface area contributed by atoms with E-state index in [9.17, 15) is 4.79 Å². The third kappa shape index (κ3) is 1.46. The van der Waals surface area contributed by atoms with E-state index in [1.54, 1.807) is 6.21 Å². The Balaban J connectivity index is 2.07. The summed E-state index contributed by atoms with van der Waals surface area (Å²) in [5.41, 5.74) is 5.25. The SMILES string of the molecule is O=C1C2CCNCC2=C2C=C(Br)C=NN[C@@H]12. The molecule has 0 aromatic heterocycles.